The summed E-state index contributed by atoms with van der Waals surface area (Å²) in [5.41, 5.74) is 0.844. The van der Waals surface area contributed by atoms with Crippen LogP contribution in [0.25, 0.3) is 0 Å². The lowest BCUT2D eigenvalue weighted by molar-refractivity contribution is -0.120. The number of carbonyl (C=O) groups excluding carboxylic acids is 1. The van der Waals surface area contributed by atoms with Crippen molar-refractivity contribution in [2.24, 2.45) is 4.99 Å². The molecule has 0 aromatic rings. The number of aliphatic imine (C=N–C) groups is 1. The van der Waals surface area contributed by atoms with E-state index in [0.717, 1.165) is 25.0 Å². The molecule has 0 N–H and O–H groups in total. The Balaban J connectivity index is 2.24. The summed E-state index contributed by atoms with van der Waals surface area (Å²) < 4.78 is 0. The van der Waals surface area contributed by atoms with Crippen LogP contribution in [-0.4, -0.2) is 17.0 Å². The minimum atomic E-state index is -0.293. The zero-order valence-corrected chi connectivity index (χ0v) is 5.48. The Morgan fingerprint density at radius 2 is 2.33 bits per heavy atom. The molecule has 1 unspecified atom stereocenters. The van der Waals surface area contributed by atoms with E-state index in [2.05, 4.69) is 4.99 Å². The molecule has 2 nitrogen and oxygen atoms in total. The molecule has 0 aromatic carbocycles. The van der Waals surface area contributed by atoms with E-state index in [9.17, 15) is 4.79 Å². The molecule has 1 atom stereocenters. The number of nitrogens with zero attached hydrogens (tertiary/aromatic N) is 1. The topological polar surface area (TPSA) is 29.4 Å². The lowest BCUT2D eigenvalue weighted by Crippen LogP contribution is -2.29. The van der Waals surface area contributed by atoms with Crippen LogP contribution in [0.4, 0.5) is 0 Å². The van der Waals surface area contributed by atoms with Gasteiger partial charge in [0, 0.05) is 12.1 Å². The summed E-state index contributed by atoms with van der Waals surface area (Å²) >= 11 is 0. The zero-order chi connectivity index (χ0) is 6.48. The van der Waals surface area contributed by atoms with Gasteiger partial charge >= 0.3 is 0 Å². The molecule has 0 saturated heterocycles. The van der Waals surface area contributed by atoms with Crippen LogP contribution in [0, 0.1) is 0 Å². The van der Waals surface area contributed by atoms with E-state index in [-0.39, 0.29) is 5.54 Å². The third kappa shape index (κ3) is 0.506. The second-order valence-electron chi connectivity index (χ2n) is 2.91. The van der Waals surface area contributed by atoms with Gasteiger partial charge < -0.3 is 0 Å². The highest BCUT2D eigenvalue weighted by atomic mass is 16.1. The maximum absolute atomic E-state index is 11.0. The number of carbonyl (C=O) groups is 1. The molecule has 2 heteroatoms. The first kappa shape index (κ1) is 5.15. The lowest BCUT2D eigenvalue weighted by Gasteiger charge is -2.11. The van der Waals surface area contributed by atoms with Gasteiger partial charge in [-0.3, -0.25) is 9.79 Å². The van der Waals surface area contributed by atoms with Crippen molar-refractivity contribution in [2.75, 3.05) is 0 Å². The van der Waals surface area contributed by atoms with Crippen LogP contribution in [-0.2, 0) is 4.79 Å². The lowest BCUT2D eigenvalue weighted by atomic mass is 9.88. The molecule has 1 heterocycles. The van der Waals surface area contributed by atoms with E-state index in [1.807, 2.05) is 6.92 Å². The van der Waals surface area contributed by atoms with E-state index in [4.69, 9.17) is 0 Å². The summed E-state index contributed by atoms with van der Waals surface area (Å²) in [6.45, 7) is 1.92. The van der Waals surface area contributed by atoms with Crippen molar-refractivity contribution in [3.63, 3.8) is 0 Å². The third-order valence-corrected chi connectivity index (χ3v) is 2.23. The van der Waals surface area contributed by atoms with E-state index in [1.165, 1.54) is 0 Å². The van der Waals surface area contributed by atoms with Crippen LogP contribution >= 0.6 is 0 Å². The SMILES string of the molecule is CC12N=C1CCCC2=O. The number of hydrogen-bond donors (Lipinski definition) is 0. The maximum Gasteiger partial charge on any atom is 0.165 e. The summed E-state index contributed by atoms with van der Waals surface area (Å²) in [5, 5.41) is 0. The molecular formula is C7H9NO. The number of ketones is 1. The Kier molecular flexibility index (Phi) is 0.718. The largest absolute Gasteiger partial charge is 0.297 e. The smallest absolute Gasteiger partial charge is 0.165 e. The molecule has 1 aliphatic heterocycles. The number of Topliss-reactive ketones (excluding diaryl/α,β-unsaturated/α-hetero) is 1. The average molecular weight is 123 g/mol. The predicted octanol–water partition coefficient (Wildman–Crippen LogP) is 0.953. The van der Waals surface area contributed by atoms with Crippen molar-refractivity contribution >= 4 is 11.5 Å². The molecule has 1 aliphatic carbocycles. The van der Waals surface area contributed by atoms with Crippen molar-refractivity contribution in [1.29, 1.82) is 0 Å². The van der Waals surface area contributed by atoms with Gasteiger partial charge in [0.05, 0.1) is 0 Å². The van der Waals surface area contributed by atoms with E-state index < -0.39 is 0 Å². The zero-order valence-electron chi connectivity index (χ0n) is 5.48. The quantitative estimate of drug-likeness (QED) is 0.471. The van der Waals surface area contributed by atoms with Gasteiger partial charge in [0.2, 0.25) is 0 Å². The van der Waals surface area contributed by atoms with Crippen LogP contribution in [0.5, 0.6) is 0 Å². The van der Waals surface area contributed by atoms with Crippen LogP contribution in [0.15, 0.2) is 4.99 Å². The molecule has 48 valence electrons. The highest BCUT2D eigenvalue weighted by Gasteiger charge is 2.50. The van der Waals surface area contributed by atoms with E-state index in [0.29, 0.717) is 5.78 Å². The number of rotatable bonds is 0. The summed E-state index contributed by atoms with van der Waals surface area (Å²) in [4.78, 5) is 15.2. The summed E-state index contributed by atoms with van der Waals surface area (Å²) in [6.07, 6.45) is 2.82. The minimum Gasteiger partial charge on any atom is -0.297 e. The normalized spacial score (nSPS) is 39.7. The highest BCUT2D eigenvalue weighted by Crippen LogP contribution is 2.36. The summed E-state index contributed by atoms with van der Waals surface area (Å²) in [7, 11) is 0. The predicted molar refractivity (Wildman–Crippen MR) is 34.7 cm³/mol. The van der Waals surface area contributed by atoms with Crippen molar-refractivity contribution in [3.8, 4) is 0 Å². The van der Waals surface area contributed by atoms with Gasteiger partial charge in [-0.05, 0) is 19.8 Å². The number of fused-ring (bicyclic) bond motifs is 1. The highest BCUT2D eigenvalue weighted by molar-refractivity contribution is 6.24. The van der Waals surface area contributed by atoms with Gasteiger partial charge in [0.1, 0.15) is 0 Å². The van der Waals surface area contributed by atoms with Crippen LogP contribution < -0.4 is 0 Å². The Hall–Kier alpha value is -0.660. The molecule has 0 spiro atoms. The molecule has 2 rings (SSSR count). The number of hydrogen-bond acceptors (Lipinski definition) is 2. The van der Waals surface area contributed by atoms with Crippen LogP contribution in [0.3, 0.4) is 0 Å². The van der Waals surface area contributed by atoms with E-state index in [1.54, 1.807) is 0 Å². The second-order valence-corrected chi connectivity index (χ2v) is 2.91. The van der Waals surface area contributed by atoms with Gasteiger partial charge in [0.25, 0.3) is 0 Å². The monoisotopic (exact) mass is 123 g/mol. The fraction of sp³-hybridized carbons (Fsp3) is 0.714. The molecule has 0 amide bonds. The first-order valence-corrected chi connectivity index (χ1v) is 3.36. The Morgan fingerprint density at radius 3 is 2.89 bits per heavy atom. The molecule has 1 fully saturated rings. The van der Waals surface area contributed by atoms with Crippen LogP contribution in [0.2, 0.25) is 0 Å². The maximum atomic E-state index is 11.0. The second kappa shape index (κ2) is 1.25. The Morgan fingerprint density at radius 1 is 1.56 bits per heavy atom. The summed E-state index contributed by atoms with van der Waals surface area (Å²) in [6, 6.07) is 0. The molecular weight excluding hydrogens is 114 g/mol. The molecule has 9 heavy (non-hydrogen) atoms. The Bertz CT molecular complexity index is 207. The average Bonchev–Trinajstić information content (AvgIpc) is 2.44. The molecule has 1 saturated carbocycles. The van der Waals surface area contributed by atoms with Gasteiger partial charge in [-0.1, -0.05) is 0 Å². The molecule has 0 aromatic heterocycles. The third-order valence-electron chi connectivity index (χ3n) is 2.23. The fourth-order valence-corrected chi connectivity index (χ4v) is 1.42. The van der Waals surface area contributed by atoms with Crippen LogP contribution in [0.1, 0.15) is 26.2 Å². The van der Waals surface area contributed by atoms with Gasteiger partial charge in [0.15, 0.2) is 11.3 Å². The summed E-state index contributed by atoms with van der Waals surface area (Å²) in [5.74, 6) is 0.323. The molecule has 0 radical (unpaired) electrons. The first-order valence-electron chi connectivity index (χ1n) is 3.36. The van der Waals surface area contributed by atoms with E-state index >= 15 is 0 Å². The van der Waals surface area contributed by atoms with Crippen molar-refractivity contribution in [1.82, 2.24) is 0 Å². The molecule has 0 bridgehead atoms. The van der Waals surface area contributed by atoms with Crippen molar-refractivity contribution < 1.29 is 4.79 Å². The first-order chi connectivity index (χ1) is 4.23. The van der Waals surface area contributed by atoms with Gasteiger partial charge in [-0.25, -0.2) is 0 Å². The van der Waals surface area contributed by atoms with Gasteiger partial charge in [-0.15, -0.1) is 0 Å². The standard InChI is InChI=1S/C7H9NO/c1-7-5(8-7)3-2-4-6(7)9/h2-4H2,1H3. The van der Waals surface area contributed by atoms with Crippen molar-refractivity contribution in [3.05, 3.63) is 0 Å². The van der Waals surface area contributed by atoms with Gasteiger partial charge in [-0.2, -0.15) is 0 Å². The van der Waals surface area contributed by atoms with Crippen molar-refractivity contribution in [2.45, 2.75) is 31.7 Å². The minimum absolute atomic E-state index is 0.293. The molecule has 2 aliphatic rings. The Labute approximate surface area is 54.0 Å². The fourth-order valence-electron chi connectivity index (χ4n) is 1.42.